The van der Waals surface area contributed by atoms with E-state index < -0.39 is 0 Å². The smallest absolute Gasteiger partial charge is 0.182 e. The summed E-state index contributed by atoms with van der Waals surface area (Å²) in [5.41, 5.74) is 10.8. The van der Waals surface area contributed by atoms with Gasteiger partial charge in [0.05, 0.1) is 24.3 Å². The van der Waals surface area contributed by atoms with Crippen LogP contribution in [0.25, 0.3) is 16.8 Å². The molecule has 0 aliphatic heterocycles. The van der Waals surface area contributed by atoms with Crippen molar-refractivity contribution in [1.29, 1.82) is 0 Å². The fourth-order valence-electron chi connectivity index (χ4n) is 2.64. The molecule has 0 amide bonds. The van der Waals surface area contributed by atoms with Crippen LogP contribution < -0.4 is 5.73 Å². The minimum atomic E-state index is 0.408. The van der Waals surface area contributed by atoms with Crippen molar-refractivity contribution in [3.05, 3.63) is 42.1 Å². The highest BCUT2D eigenvalue weighted by Gasteiger charge is 2.13. The highest BCUT2D eigenvalue weighted by atomic mass is 15.1. The van der Waals surface area contributed by atoms with Gasteiger partial charge in [0, 0.05) is 12.4 Å². The molecule has 0 fully saturated rings. The number of aromatic nitrogens is 7. The van der Waals surface area contributed by atoms with Gasteiger partial charge in [0.25, 0.3) is 0 Å². The zero-order valence-electron chi connectivity index (χ0n) is 12.2. The number of fused-ring (bicyclic) bond motifs is 2. The molecule has 22 heavy (non-hydrogen) atoms. The molecule has 0 spiro atoms. The fraction of sp³-hybridized carbons (Fsp3) is 0.214. The number of hydrogen-bond donors (Lipinski definition) is 1. The van der Waals surface area contributed by atoms with E-state index in [1.807, 2.05) is 35.2 Å². The van der Waals surface area contributed by atoms with Crippen molar-refractivity contribution in [3.8, 4) is 0 Å². The molecule has 110 valence electrons. The summed E-state index contributed by atoms with van der Waals surface area (Å²) < 4.78 is 3.89. The summed E-state index contributed by atoms with van der Waals surface area (Å²) >= 11 is 0. The van der Waals surface area contributed by atoms with Crippen molar-refractivity contribution in [1.82, 2.24) is 33.9 Å². The molecule has 8 nitrogen and oxygen atoms in total. The first-order chi connectivity index (χ1) is 10.6. The Morgan fingerprint density at radius 1 is 1.05 bits per heavy atom. The lowest BCUT2D eigenvalue weighted by Crippen LogP contribution is -2.06. The Labute approximate surface area is 125 Å². The van der Waals surface area contributed by atoms with Crippen LogP contribution in [0.15, 0.2) is 25.0 Å². The molecule has 0 saturated heterocycles. The number of nitrogens with two attached hydrogens (primary N) is 1. The zero-order valence-corrected chi connectivity index (χ0v) is 12.2. The van der Waals surface area contributed by atoms with E-state index in [1.54, 1.807) is 6.33 Å². The van der Waals surface area contributed by atoms with Crippen molar-refractivity contribution >= 4 is 22.6 Å². The van der Waals surface area contributed by atoms with Gasteiger partial charge in [0.15, 0.2) is 17.1 Å². The monoisotopic (exact) mass is 294 g/mol. The first-order valence-corrected chi connectivity index (χ1v) is 6.85. The fourth-order valence-corrected chi connectivity index (χ4v) is 2.64. The topological polar surface area (TPSA) is 99.8 Å². The van der Waals surface area contributed by atoms with Gasteiger partial charge in [-0.1, -0.05) is 0 Å². The van der Waals surface area contributed by atoms with Gasteiger partial charge in [-0.15, -0.1) is 0 Å². The number of anilines is 1. The lowest BCUT2D eigenvalue weighted by Gasteiger charge is -2.07. The molecule has 4 aromatic heterocycles. The molecule has 2 N–H and O–H groups in total. The maximum atomic E-state index is 5.95. The largest absolute Gasteiger partial charge is 0.382 e. The lowest BCUT2D eigenvalue weighted by molar-refractivity contribution is 0.788. The Kier molecular flexibility index (Phi) is 2.59. The summed E-state index contributed by atoms with van der Waals surface area (Å²) in [5.74, 6) is 0.408. The van der Waals surface area contributed by atoms with Gasteiger partial charge in [-0.3, -0.25) is 4.98 Å². The molecule has 0 aliphatic rings. The van der Waals surface area contributed by atoms with Crippen LogP contribution >= 0.6 is 0 Å². The van der Waals surface area contributed by atoms with Crippen molar-refractivity contribution in [2.45, 2.75) is 20.4 Å². The number of hydrogen-bond acceptors (Lipinski definition) is 6. The highest BCUT2D eigenvalue weighted by Crippen LogP contribution is 2.18. The van der Waals surface area contributed by atoms with Gasteiger partial charge < -0.3 is 14.7 Å². The predicted molar refractivity (Wildman–Crippen MR) is 81.3 cm³/mol. The van der Waals surface area contributed by atoms with Gasteiger partial charge in [0.1, 0.15) is 17.5 Å². The summed E-state index contributed by atoms with van der Waals surface area (Å²) in [7, 11) is 0. The molecule has 0 radical (unpaired) electrons. The van der Waals surface area contributed by atoms with E-state index in [1.165, 1.54) is 6.33 Å². The Hall–Kier alpha value is -3.03. The van der Waals surface area contributed by atoms with E-state index in [-0.39, 0.29) is 0 Å². The first-order valence-electron chi connectivity index (χ1n) is 6.85. The van der Waals surface area contributed by atoms with E-state index in [4.69, 9.17) is 5.73 Å². The second-order valence-electron chi connectivity index (χ2n) is 5.25. The highest BCUT2D eigenvalue weighted by molar-refractivity contribution is 5.81. The second-order valence-corrected chi connectivity index (χ2v) is 5.25. The van der Waals surface area contributed by atoms with E-state index >= 15 is 0 Å². The van der Waals surface area contributed by atoms with Crippen LogP contribution in [0.2, 0.25) is 0 Å². The maximum Gasteiger partial charge on any atom is 0.182 e. The molecule has 0 bridgehead atoms. The van der Waals surface area contributed by atoms with Gasteiger partial charge in [0.2, 0.25) is 0 Å². The van der Waals surface area contributed by atoms with Crippen molar-refractivity contribution in [3.63, 3.8) is 0 Å². The van der Waals surface area contributed by atoms with Crippen LogP contribution in [0.4, 0.5) is 5.82 Å². The normalized spacial score (nSPS) is 11.5. The standard InChI is InChI=1S/C14H14N8/c1-8-3-21-4-9(2)20-14(21)10(19-8)5-22-7-18-13-11(22)12(15)16-6-17-13/h3-4,6-7H,5H2,1-2H3,(H2,15,16,17). The second kappa shape index (κ2) is 4.48. The number of rotatable bonds is 2. The molecular formula is C14H14N8. The minimum Gasteiger partial charge on any atom is -0.382 e. The molecule has 0 saturated carbocycles. The predicted octanol–water partition coefficient (Wildman–Crippen LogP) is 1.12. The van der Waals surface area contributed by atoms with E-state index in [0.717, 1.165) is 22.7 Å². The van der Waals surface area contributed by atoms with Gasteiger partial charge in [-0.05, 0) is 13.8 Å². The van der Waals surface area contributed by atoms with Crippen molar-refractivity contribution < 1.29 is 0 Å². The molecule has 0 aromatic carbocycles. The van der Waals surface area contributed by atoms with Crippen LogP contribution in [-0.2, 0) is 6.54 Å². The summed E-state index contributed by atoms with van der Waals surface area (Å²) in [4.78, 5) is 21.6. The molecule has 4 heterocycles. The third-order valence-corrected chi connectivity index (χ3v) is 3.51. The minimum absolute atomic E-state index is 0.408. The molecule has 0 aliphatic carbocycles. The Bertz CT molecular complexity index is 997. The van der Waals surface area contributed by atoms with Crippen LogP contribution in [0.3, 0.4) is 0 Å². The zero-order chi connectivity index (χ0) is 15.3. The molecule has 4 rings (SSSR count). The van der Waals surface area contributed by atoms with E-state index in [9.17, 15) is 0 Å². The molecule has 4 aromatic rings. The molecule has 0 unspecified atom stereocenters. The average Bonchev–Trinajstić information content (AvgIpc) is 3.03. The third-order valence-electron chi connectivity index (χ3n) is 3.51. The van der Waals surface area contributed by atoms with Gasteiger partial charge in [-0.25, -0.2) is 19.9 Å². The third kappa shape index (κ3) is 1.88. The number of nitrogens with zero attached hydrogens (tertiary/aromatic N) is 7. The van der Waals surface area contributed by atoms with E-state index in [2.05, 4.69) is 24.9 Å². The van der Waals surface area contributed by atoms with Gasteiger partial charge >= 0.3 is 0 Å². The van der Waals surface area contributed by atoms with Crippen molar-refractivity contribution in [2.75, 3.05) is 5.73 Å². The number of imidazole rings is 2. The average molecular weight is 294 g/mol. The maximum absolute atomic E-state index is 5.95. The van der Waals surface area contributed by atoms with Crippen LogP contribution in [0, 0.1) is 13.8 Å². The van der Waals surface area contributed by atoms with Crippen LogP contribution in [0.1, 0.15) is 17.1 Å². The lowest BCUT2D eigenvalue weighted by atomic mass is 10.3. The number of nitrogen functional groups attached to an aromatic ring is 1. The summed E-state index contributed by atoms with van der Waals surface area (Å²) in [5, 5.41) is 0. The molecule has 8 heteroatoms. The first kappa shape index (κ1) is 12.7. The number of aryl methyl sites for hydroxylation is 2. The van der Waals surface area contributed by atoms with Crippen LogP contribution in [0.5, 0.6) is 0 Å². The summed E-state index contributed by atoms with van der Waals surface area (Å²) in [6.07, 6.45) is 7.06. The quantitative estimate of drug-likeness (QED) is 0.594. The Morgan fingerprint density at radius 2 is 1.82 bits per heavy atom. The molecular weight excluding hydrogens is 280 g/mol. The van der Waals surface area contributed by atoms with Crippen LogP contribution in [-0.4, -0.2) is 33.9 Å². The Balaban J connectivity index is 1.89. The van der Waals surface area contributed by atoms with Crippen molar-refractivity contribution in [2.24, 2.45) is 0 Å². The summed E-state index contributed by atoms with van der Waals surface area (Å²) in [6.45, 7) is 4.43. The van der Waals surface area contributed by atoms with Gasteiger partial charge in [-0.2, -0.15) is 0 Å². The SMILES string of the molecule is Cc1cn2cc(C)nc2c(Cn2cnc3ncnc(N)c32)n1. The molecule has 0 atom stereocenters. The Morgan fingerprint density at radius 3 is 2.64 bits per heavy atom. The summed E-state index contributed by atoms with van der Waals surface area (Å²) in [6, 6.07) is 0. The van der Waals surface area contributed by atoms with E-state index in [0.29, 0.717) is 23.5 Å².